The van der Waals surface area contributed by atoms with Crippen molar-refractivity contribution in [1.82, 2.24) is 29.8 Å². The zero-order valence-electron chi connectivity index (χ0n) is 13.9. The van der Waals surface area contributed by atoms with E-state index in [-0.39, 0.29) is 34.0 Å². The first-order valence-electron chi connectivity index (χ1n) is 7.82. The van der Waals surface area contributed by atoms with Crippen LogP contribution >= 0.6 is 23.2 Å². The summed E-state index contributed by atoms with van der Waals surface area (Å²) in [4.78, 5) is 17.0. The number of rotatable bonds is 3. The van der Waals surface area contributed by atoms with Crippen LogP contribution in [0.4, 0.5) is 4.39 Å². The van der Waals surface area contributed by atoms with Crippen molar-refractivity contribution < 1.29 is 4.39 Å². The molecule has 0 spiro atoms. The lowest BCUT2D eigenvalue weighted by Crippen LogP contribution is -2.23. The molecule has 4 aromatic rings. The summed E-state index contributed by atoms with van der Waals surface area (Å²) in [5.74, 6) is -0.201. The Labute approximate surface area is 162 Å². The summed E-state index contributed by atoms with van der Waals surface area (Å²) < 4.78 is 16.8. The maximum absolute atomic E-state index is 14.2. The van der Waals surface area contributed by atoms with Gasteiger partial charge in [-0.15, -0.1) is 5.10 Å². The third kappa shape index (κ3) is 3.17. The van der Waals surface area contributed by atoms with Crippen molar-refractivity contribution >= 4 is 34.1 Å². The molecule has 0 bridgehead atoms. The van der Waals surface area contributed by atoms with E-state index in [9.17, 15) is 9.18 Å². The van der Waals surface area contributed by atoms with Crippen LogP contribution in [0.15, 0.2) is 41.5 Å². The Bertz CT molecular complexity index is 1240. The first-order chi connectivity index (χ1) is 12.9. The van der Waals surface area contributed by atoms with Gasteiger partial charge in [-0.1, -0.05) is 29.3 Å². The molecule has 0 aliphatic rings. The molecule has 0 aliphatic heterocycles. The number of hydrogen-bond donors (Lipinski definition) is 0. The molecule has 10 heteroatoms. The van der Waals surface area contributed by atoms with Crippen LogP contribution in [-0.2, 0) is 6.54 Å². The predicted molar refractivity (Wildman–Crippen MR) is 99.0 cm³/mol. The molecule has 2 heterocycles. The van der Waals surface area contributed by atoms with E-state index >= 15 is 0 Å². The van der Waals surface area contributed by atoms with Gasteiger partial charge in [-0.05, 0) is 47.2 Å². The lowest BCUT2D eigenvalue weighted by molar-refractivity contribution is 0.595. The molecule has 27 heavy (non-hydrogen) atoms. The van der Waals surface area contributed by atoms with E-state index in [0.717, 1.165) is 5.56 Å². The zero-order chi connectivity index (χ0) is 19.1. The van der Waals surface area contributed by atoms with Gasteiger partial charge in [0.15, 0.2) is 5.82 Å². The Morgan fingerprint density at radius 3 is 2.81 bits per heavy atom. The van der Waals surface area contributed by atoms with Crippen LogP contribution in [0.2, 0.25) is 10.0 Å². The molecule has 0 N–H and O–H groups in total. The number of fused-ring (bicyclic) bond motifs is 1. The van der Waals surface area contributed by atoms with Gasteiger partial charge < -0.3 is 0 Å². The molecule has 0 saturated carbocycles. The van der Waals surface area contributed by atoms with Gasteiger partial charge in [0.25, 0.3) is 5.56 Å². The van der Waals surface area contributed by atoms with Gasteiger partial charge in [0.2, 0.25) is 0 Å². The number of aromatic nitrogens is 6. The summed E-state index contributed by atoms with van der Waals surface area (Å²) in [7, 11) is 0. The first kappa shape index (κ1) is 17.6. The smallest absolute Gasteiger partial charge is 0.261 e. The van der Waals surface area contributed by atoms with Gasteiger partial charge >= 0.3 is 0 Å². The Balaban J connectivity index is 1.81. The van der Waals surface area contributed by atoms with E-state index in [1.807, 2.05) is 6.92 Å². The van der Waals surface area contributed by atoms with Gasteiger partial charge in [-0.2, -0.15) is 4.68 Å². The molecular formula is C17H11Cl2FN6O. The quantitative estimate of drug-likeness (QED) is 0.523. The van der Waals surface area contributed by atoms with E-state index in [0.29, 0.717) is 10.5 Å². The Kier molecular flexibility index (Phi) is 4.37. The monoisotopic (exact) mass is 404 g/mol. The third-order valence-corrected chi connectivity index (χ3v) is 4.53. The van der Waals surface area contributed by atoms with Crippen LogP contribution in [0.1, 0.15) is 11.4 Å². The van der Waals surface area contributed by atoms with Crippen molar-refractivity contribution in [3.8, 4) is 5.69 Å². The van der Waals surface area contributed by atoms with Crippen molar-refractivity contribution in [1.29, 1.82) is 0 Å². The van der Waals surface area contributed by atoms with E-state index in [1.165, 1.54) is 33.8 Å². The molecule has 0 unspecified atom stereocenters. The van der Waals surface area contributed by atoms with E-state index in [4.69, 9.17) is 23.2 Å². The minimum absolute atomic E-state index is 0.00765. The number of aryl methyl sites for hydroxylation is 1. The number of benzene rings is 2. The lowest BCUT2D eigenvalue weighted by Gasteiger charge is -2.09. The topological polar surface area (TPSA) is 78.5 Å². The van der Waals surface area contributed by atoms with Crippen LogP contribution in [-0.4, -0.2) is 29.8 Å². The van der Waals surface area contributed by atoms with Crippen molar-refractivity contribution in [2.24, 2.45) is 0 Å². The first-order valence-corrected chi connectivity index (χ1v) is 8.57. The highest BCUT2D eigenvalue weighted by Crippen LogP contribution is 2.24. The average Bonchev–Trinajstić information content (AvgIpc) is 3.08. The summed E-state index contributed by atoms with van der Waals surface area (Å²) in [6.07, 6.45) is 1.34. The van der Waals surface area contributed by atoms with E-state index in [2.05, 4.69) is 20.5 Å². The Morgan fingerprint density at radius 1 is 1.19 bits per heavy atom. The van der Waals surface area contributed by atoms with Crippen molar-refractivity contribution in [2.45, 2.75) is 13.5 Å². The fraction of sp³-hybridized carbons (Fsp3) is 0.118. The second-order valence-electron chi connectivity index (χ2n) is 5.92. The van der Waals surface area contributed by atoms with Gasteiger partial charge in [-0.25, -0.2) is 9.37 Å². The summed E-state index contributed by atoms with van der Waals surface area (Å²) in [6, 6.07) is 7.62. The molecule has 0 aliphatic carbocycles. The minimum Gasteiger partial charge on any atom is -0.291 e. The third-order valence-electron chi connectivity index (χ3n) is 4.02. The van der Waals surface area contributed by atoms with Crippen LogP contribution < -0.4 is 5.56 Å². The van der Waals surface area contributed by atoms with Crippen LogP contribution in [0.25, 0.3) is 16.6 Å². The number of hydrogen-bond acceptors (Lipinski definition) is 5. The van der Waals surface area contributed by atoms with Crippen molar-refractivity contribution in [3.63, 3.8) is 0 Å². The molecule has 2 aromatic heterocycles. The molecule has 0 fully saturated rings. The minimum atomic E-state index is -0.475. The molecule has 0 radical (unpaired) electrons. The fourth-order valence-corrected chi connectivity index (χ4v) is 3.28. The molecular weight excluding hydrogens is 394 g/mol. The SMILES string of the molecule is Cc1ccc(F)c(-n2nnnc2Cn2cnc3c(Cl)cc(Cl)cc3c2=O)c1. The predicted octanol–water partition coefficient (Wildman–Crippen LogP) is 3.17. The summed E-state index contributed by atoms with van der Waals surface area (Å²) >= 11 is 12.1. The van der Waals surface area contributed by atoms with Gasteiger partial charge in [-0.3, -0.25) is 9.36 Å². The molecule has 2 aromatic carbocycles. The van der Waals surface area contributed by atoms with Crippen LogP contribution in [0.3, 0.4) is 0 Å². The Hall–Kier alpha value is -2.84. The standard InChI is InChI=1S/C17H11Cl2FN6O/c1-9-2-3-13(20)14(4-9)26-15(22-23-24-26)7-25-8-21-16-11(17(25)27)5-10(18)6-12(16)19/h2-6,8H,7H2,1H3. The number of tetrazole rings is 1. The number of halogens is 3. The van der Waals surface area contributed by atoms with Gasteiger partial charge in [0.05, 0.1) is 28.8 Å². The molecule has 136 valence electrons. The second-order valence-corrected chi connectivity index (χ2v) is 6.77. The number of nitrogens with zero attached hydrogens (tertiary/aromatic N) is 6. The largest absolute Gasteiger partial charge is 0.291 e. The van der Waals surface area contributed by atoms with Gasteiger partial charge in [0.1, 0.15) is 11.5 Å². The molecule has 0 saturated heterocycles. The van der Waals surface area contributed by atoms with Crippen molar-refractivity contribution in [2.75, 3.05) is 0 Å². The normalized spacial score (nSPS) is 11.3. The fourth-order valence-electron chi connectivity index (χ4n) is 2.74. The van der Waals surface area contributed by atoms with Crippen LogP contribution in [0, 0.1) is 12.7 Å². The lowest BCUT2D eigenvalue weighted by atomic mass is 10.2. The molecule has 7 nitrogen and oxygen atoms in total. The maximum atomic E-state index is 14.2. The van der Waals surface area contributed by atoms with Crippen LogP contribution in [0.5, 0.6) is 0 Å². The van der Waals surface area contributed by atoms with E-state index < -0.39 is 5.82 Å². The highest BCUT2D eigenvalue weighted by atomic mass is 35.5. The van der Waals surface area contributed by atoms with Crippen molar-refractivity contribution in [3.05, 3.63) is 74.3 Å². The highest BCUT2D eigenvalue weighted by molar-refractivity contribution is 6.38. The Morgan fingerprint density at radius 2 is 2.00 bits per heavy atom. The molecule has 4 rings (SSSR count). The van der Waals surface area contributed by atoms with Gasteiger partial charge in [0, 0.05) is 5.02 Å². The highest BCUT2D eigenvalue weighted by Gasteiger charge is 2.15. The average molecular weight is 405 g/mol. The molecule has 0 amide bonds. The summed E-state index contributed by atoms with van der Waals surface area (Å²) in [6.45, 7) is 1.82. The second kappa shape index (κ2) is 6.71. The summed E-state index contributed by atoms with van der Waals surface area (Å²) in [5.41, 5.74) is 1.04. The zero-order valence-corrected chi connectivity index (χ0v) is 15.4. The molecule has 0 atom stereocenters. The summed E-state index contributed by atoms with van der Waals surface area (Å²) in [5, 5.41) is 12.2. The van der Waals surface area contributed by atoms with E-state index in [1.54, 1.807) is 12.1 Å². The maximum Gasteiger partial charge on any atom is 0.261 e.